The van der Waals surface area contributed by atoms with Crippen LogP contribution in [0.1, 0.15) is 30.0 Å². The van der Waals surface area contributed by atoms with E-state index in [4.69, 9.17) is 4.52 Å². The number of piperazine rings is 1. The average molecular weight is 493 g/mol. The molecule has 0 saturated carbocycles. The molecule has 3 aromatic rings. The van der Waals surface area contributed by atoms with E-state index in [-0.39, 0.29) is 23.3 Å². The number of halogens is 3. The van der Waals surface area contributed by atoms with Crippen LogP contribution in [0, 0.1) is 0 Å². The molecule has 1 aromatic heterocycles. The minimum absolute atomic E-state index is 0.0696. The van der Waals surface area contributed by atoms with Gasteiger partial charge in [0.1, 0.15) is 0 Å². The summed E-state index contributed by atoms with van der Waals surface area (Å²) in [6.45, 7) is 3.31. The monoisotopic (exact) mass is 492 g/mol. The Morgan fingerprint density at radius 2 is 1.74 bits per heavy atom. The molecule has 180 valence electrons. The first-order valence-electron chi connectivity index (χ1n) is 10.6. The highest BCUT2D eigenvalue weighted by Gasteiger charge is 2.32. The first-order valence-corrected chi connectivity index (χ1v) is 12.1. The molecule has 1 atom stereocenters. The van der Waals surface area contributed by atoms with E-state index in [9.17, 15) is 21.6 Å². The molecule has 1 aliphatic heterocycles. The molecule has 34 heavy (non-hydrogen) atoms. The van der Waals surface area contributed by atoms with Crippen LogP contribution in [0.3, 0.4) is 0 Å². The van der Waals surface area contributed by atoms with Crippen molar-refractivity contribution in [2.75, 3.05) is 26.2 Å². The van der Waals surface area contributed by atoms with Gasteiger partial charge in [0, 0.05) is 37.2 Å². The second-order valence-corrected chi connectivity index (χ2v) is 9.72. The van der Waals surface area contributed by atoms with Gasteiger partial charge in [-0.05, 0) is 30.7 Å². The van der Waals surface area contributed by atoms with Gasteiger partial charge in [0.05, 0.1) is 11.6 Å². The molecular weight excluding hydrogens is 469 g/mol. The molecule has 1 saturated heterocycles. The Labute approximate surface area is 195 Å². The van der Waals surface area contributed by atoms with Crippen molar-refractivity contribution in [3.8, 4) is 11.4 Å². The summed E-state index contributed by atoms with van der Waals surface area (Å²) in [6.07, 6.45) is -2.90. The molecule has 0 spiro atoms. The third kappa shape index (κ3) is 5.54. The number of nitrogens with zero attached hydrogens (tertiary/aromatic N) is 4. The summed E-state index contributed by atoms with van der Waals surface area (Å²) in [5, 5.41) is 5.05. The van der Waals surface area contributed by atoms with E-state index in [1.165, 1.54) is 21.8 Å². The predicted molar refractivity (Wildman–Crippen MR) is 121 cm³/mol. The molecule has 2 heterocycles. The topological polar surface area (TPSA) is 79.5 Å². The van der Waals surface area contributed by atoms with Crippen molar-refractivity contribution in [1.29, 1.82) is 0 Å². The largest absolute Gasteiger partial charge is 0.416 e. The molecule has 0 radical (unpaired) electrons. The van der Waals surface area contributed by atoms with E-state index in [2.05, 4.69) is 10.1 Å². The van der Waals surface area contributed by atoms with Gasteiger partial charge in [-0.1, -0.05) is 47.6 Å². The molecular formula is C23H23F3N4O3S. The van der Waals surface area contributed by atoms with Gasteiger partial charge in [0.2, 0.25) is 21.7 Å². The van der Waals surface area contributed by atoms with Crippen LogP contribution in [0.5, 0.6) is 0 Å². The molecule has 1 unspecified atom stereocenters. The molecule has 0 aliphatic carbocycles. The van der Waals surface area contributed by atoms with E-state index < -0.39 is 21.8 Å². The van der Waals surface area contributed by atoms with Gasteiger partial charge in [-0.3, -0.25) is 4.90 Å². The summed E-state index contributed by atoms with van der Waals surface area (Å²) in [6, 6.07) is 13.6. The maximum absolute atomic E-state index is 13.0. The van der Waals surface area contributed by atoms with Gasteiger partial charge in [-0.2, -0.15) is 22.5 Å². The van der Waals surface area contributed by atoms with Crippen molar-refractivity contribution in [1.82, 2.24) is 19.3 Å². The standard InChI is InChI=1S/C23H23F3N4O3S/c1-17(22-27-21(28-33-22)19-8-5-9-20(16-19)23(24,25)26)29-11-13-30(14-12-29)34(31,32)15-10-18-6-3-2-4-7-18/h2-10,15-17H,11-14H2,1H3/b15-10+. The van der Waals surface area contributed by atoms with Crippen molar-refractivity contribution < 1.29 is 26.1 Å². The van der Waals surface area contributed by atoms with Gasteiger partial charge in [-0.25, -0.2) is 8.42 Å². The van der Waals surface area contributed by atoms with Crippen LogP contribution >= 0.6 is 0 Å². The molecule has 1 aliphatic rings. The van der Waals surface area contributed by atoms with Gasteiger partial charge >= 0.3 is 6.18 Å². The minimum Gasteiger partial charge on any atom is -0.337 e. The fourth-order valence-corrected chi connectivity index (χ4v) is 4.85. The smallest absolute Gasteiger partial charge is 0.337 e. The predicted octanol–water partition coefficient (Wildman–Crippen LogP) is 4.43. The number of sulfonamides is 1. The van der Waals surface area contributed by atoms with Gasteiger partial charge in [-0.15, -0.1) is 0 Å². The first-order chi connectivity index (χ1) is 16.1. The summed E-state index contributed by atoms with van der Waals surface area (Å²) in [5.41, 5.74) is 0.215. The van der Waals surface area contributed by atoms with Crippen LogP contribution in [-0.4, -0.2) is 53.9 Å². The Kier molecular flexibility index (Phi) is 6.87. The maximum Gasteiger partial charge on any atom is 0.416 e. The lowest BCUT2D eigenvalue weighted by Crippen LogP contribution is -2.48. The van der Waals surface area contributed by atoms with Gasteiger partial charge in [0.25, 0.3) is 0 Å². The molecule has 0 amide bonds. The van der Waals surface area contributed by atoms with Crippen molar-refractivity contribution >= 4 is 16.1 Å². The fourth-order valence-electron chi connectivity index (χ4n) is 3.67. The second kappa shape index (κ2) is 9.69. The Balaban J connectivity index is 1.39. The quantitative estimate of drug-likeness (QED) is 0.507. The zero-order chi connectivity index (χ0) is 24.3. The summed E-state index contributed by atoms with van der Waals surface area (Å²) < 4.78 is 71.0. The highest BCUT2D eigenvalue weighted by atomic mass is 32.2. The first kappa shape index (κ1) is 24.1. The lowest BCUT2D eigenvalue weighted by atomic mass is 10.1. The van der Waals surface area contributed by atoms with Crippen molar-refractivity contribution in [3.63, 3.8) is 0 Å². The second-order valence-electron chi connectivity index (χ2n) is 7.90. The van der Waals surface area contributed by atoms with Crippen LogP contribution in [0.2, 0.25) is 0 Å². The average Bonchev–Trinajstić information content (AvgIpc) is 3.33. The van der Waals surface area contributed by atoms with Crippen LogP contribution in [-0.2, 0) is 16.2 Å². The highest BCUT2D eigenvalue weighted by molar-refractivity contribution is 7.92. The van der Waals surface area contributed by atoms with E-state index >= 15 is 0 Å². The molecule has 0 bridgehead atoms. The van der Waals surface area contributed by atoms with E-state index in [1.807, 2.05) is 42.2 Å². The van der Waals surface area contributed by atoms with E-state index in [1.54, 1.807) is 6.08 Å². The van der Waals surface area contributed by atoms with Crippen LogP contribution < -0.4 is 0 Å². The summed E-state index contributed by atoms with van der Waals surface area (Å²) in [5.74, 6) is 0.327. The molecule has 0 N–H and O–H groups in total. The van der Waals surface area contributed by atoms with E-state index in [0.717, 1.165) is 17.7 Å². The van der Waals surface area contributed by atoms with E-state index in [0.29, 0.717) is 26.2 Å². The number of alkyl halides is 3. The minimum atomic E-state index is -4.47. The fraction of sp³-hybridized carbons (Fsp3) is 0.304. The maximum atomic E-state index is 13.0. The van der Waals surface area contributed by atoms with Crippen LogP contribution in [0.15, 0.2) is 64.5 Å². The molecule has 11 heteroatoms. The summed E-state index contributed by atoms with van der Waals surface area (Å²) in [4.78, 5) is 6.28. The van der Waals surface area contributed by atoms with Gasteiger partial charge < -0.3 is 4.52 Å². The van der Waals surface area contributed by atoms with Crippen molar-refractivity contribution in [2.24, 2.45) is 0 Å². The third-order valence-electron chi connectivity index (χ3n) is 5.66. The Morgan fingerprint density at radius 1 is 1.03 bits per heavy atom. The van der Waals surface area contributed by atoms with Crippen molar-refractivity contribution in [2.45, 2.75) is 19.1 Å². The van der Waals surface area contributed by atoms with Crippen LogP contribution in [0.25, 0.3) is 17.5 Å². The molecule has 4 rings (SSSR count). The zero-order valence-electron chi connectivity index (χ0n) is 18.3. The molecule has 2 aromatic carbocycles. The Hall–Kier alpha value is -3.02. The molecule has 1 fully saturated rings. The number of rotatable bonds is 6. The van der Waals surface area contributed by atoms with Gasteiger partial charge in [0.15, 0.2) is 0 Å². The number of aromatic nitrogens is 2. The highest BCUT2D eigenvalue weighted by Crippen LogP contribution is 2.32. The lowest BCUT2D eigenvalue weighted by molar-refractivity contribution is -0.137. The molecule has 7 nitrogen and oxygen atoms in total. The van der Waals surface area contributed by atoms with Crippen molar-refractivity contribution in [3.05, 3.63) is 77.0 Å². The van der Waals surface area contributed by atoms with Crippen LogP contribution in [0.4, 0.5) is 13.2 Å². The number of benzene rings is 2. The number of hydrogen-bond acceptors (Lipinski definition) is 6. The normalized spacial score (nSPS) is 17.3. The summed E-state index contributed by atoms with van der Waals surface area (Å²) in [7, 11) is -3.56. The SMILES string of the molecule is CC(c1nc(-c2cccc(C(F)(F)F)c2)no1)N1CCN(S(=O)(=O)/C=C/c2ccccc2)CC1. The third-order valence-corrected chi connectivity index (χ3v) is 7.23. The zero-order valence-corrected chi connectivity index (χ0v) is 19.1. The lowest BCUT2D eigenvalue weighted by Gasteiger charge is -2.35. The summed E-state index contributed by atoms with van der Waals surface area (Å²) >= 11 is 0. The Morgan fingerprint density at radius 3 is 2.41 bits per heavy atom. The number of hydrogen-bond donors (Lipinski definition) is 0. The Bertz CT molecular complexity index is 1250.